The Balaban J connectivity index is 1.74. The maximum Gasteiger partial charge on any atom is 0.274 e. The first-order valence-electron chi connectivity index (χ1n) is 8.13. The van der Waals surface area contributed by atoms with Gasteiger partial charge in [0.2, 0.25) is 0 Å². The molecule has 132 valence electrons. The van der Waals surface area contributed by atoms with Crippen LogP contribution in [0.5, 0.6) is 0 Å². The van der Waals surface area contributed by atoms with Gasteiger partial charge in [-0.1, -0.05) is 19.1 Å². The minimum atomic E-state index is -0.719. The van der Waals surface area contributed by atoms with Gasteiger partial charge in [-0.2, -0.15) is 0 Å². The number of nitrogens with zero attached hydrogens (tertiary/aromatic N) is 1. The summed E-state index contributed by atoms with van der Waals surface area (Å²) in [5.74, 6) is -1.75. The Morgan fingerprint density at radius 1 is 1.00 bits per heavy atom. The molecule has 0 atom stereocenters. The molecule has 4 nitrogen and oxygen atoms in total. The summed E-state index contributed by atoms with van der Waals surface area (Å²) < 4.78 is 26.7. The van der Waals surface area contributed by atoms with E-state index in [2.05, 4.69) is 22.5 Å². The molecule has 3 rings (SSSR count). The molecule has 0 aliphatic carbocycles. The van der Waals surface area contributed by atoms with E-state index in [0.29, 0.717) is 11.4 Å². The fraction of sp³-hybridized carbons (Fsp3) is 0.100. The van der Waals surface area contributed by atoms with Gasteiger partial charge in [0.1, 0.15) is 17.3 Å². The lowest BCUT2D eigenvalue weighted by Gasteiger charge is -2.09. The number of halogens is 2. The molecule has 0 aliphatic heterocycles. The molecular weight excluding hydrogens is 336 g/mol. The smallest absolute Gasteiger partial charge is 0.274 e. The van der Waals surface area contributed by atoms with Crippen molar-refractivity contribution in [1.82, 2.24) is 4.98 Å². The molecule has 0 saturated heterocycles. The van der Waals surface area contributed by atoms with Crippen LogP contribution in [-0.4, -0.2) is 10.9 Å². The van der Waals surface area contributed by atoms with Crippen molar-refractivity contribution in [2.24, 2.45) is 0 Å². The number of rotatable bonds is 5. The molecular formula is C20H17F2N3O. The number of benzene rings is 2. The van der Waals surface area contributed by atoms with Crippen molar-refractivity contribution >= 4 is 23.0 Å². The van der Waals surface area contributed by atoms with E-state index in [-0.39, 0.29) is 17.3 Å². The average molecular weight is 353 g/mol. The van der Waals surface area contributed by atoms with Gasteiger partial charge in [0.15, 0.2) is 0 Å². The number of hydrogen-bond acceptors (Lipinski definition) is 3. The van der Waals surface area contributed by atoms with Crippen LogP contribution in [0.1, 0.15) is 23.0 Å². The van der Waals surface area contributed by atoms with Crippen LogP contribution in [0.25, 0.3) is 0 Å². The fourth-order valence-corrected chi connectivity index (χ4v) is 2.40. The maximum absolute atomic E-state index is 13.7. The zero-order valence-electron chi connectivity index (χ0n) is 14.1. The predicted octanol–water partition coefficient (Wildman–Crippen LogP) is 4.92. The van der Waals surface area contributed by atoms with Crippen molar-refractivity contribution in [3.63, 3.8) is 0 Å². The molecule has 26 heavy (non-hydrogen) atoms. The van der Waals surface area contributed by atoms with Crippen LogP contribution >= 0.6 is 0 Å². The fourth-order valence-electron chi connectivity index (χ4n) is 2.40. The lowest BCUT2D eigenvalue weighted by atomic mass is 10.1. The first-order valence-corrected chi connectivity index (χ1v) is 8.13. The largest absolute Gasteiger partial charge is 0.353 e. The van der Waals surface area contributed by atoms with E-state index in [1.54, 1.807) is 6.07 Å². The van der Waals surface area contributed by atoms with Gasteiger partial charge < -0.3 is 10.6 Å². The van der Waals surface area contributed by atoms with Gasteiger partial charge in [-0.3, -0.25) is 9.78 Å². The first kappa shape index (κ1) is 17.5. The molecule has 3 aromatic rings. The van der Waals surface area contributed by atoms with E-state index >= 15 is 0 Å². The summed E-state index contributed by atoms with van der Waals surface area (Å²) in [6.07, 6.45) is 2.36. The predicted molar refractivity (Wildman–Crippen MR) is 97.7 cm³/mol. The molecule has 1 amide bonds. The minimum absolute atomic E-state index is 0.110. The molecule has 0 spiro atoms. The number of aromatic nitrogens is 1. The van der Waals surface area contributed by atoms with Crippen LogP contribution < -0.4 is 10.6 Å². The first-order chi connectivity index (χ1) is 12.5. The zero-order chi connectivity index (χ0) is 18.5. The molecule has 0 saturated carbocycles. The Bertz CT molecular complexity index is 927. The van der Waals surface area contributed by atoms with Gasteiger partial charge in [0, 0.05) is 23.6 Å². The highest BCUT2D eigenvalue weighted by atomic mass is 19.1. The van der Waals surface area contributed by atoms with E-state index in [9.17, 15) is 13.6 Å². The van der Waals surface area contributed by atoms with Gasteiger partial charge >= 0.3 is 0 Å². The van der Waals surface area contributed by atoms with E-state index in [1.165, 1.54) is 23.9 Å². The van der Waals surface area contributed by atoms with Crippen LogP contribution in [0, 0.1) is 11.6 Å². The molecule has 0 bridgehead atoms. The normalized spacial score (nSPS) is 10.4. The van der Waals surface area contributed by atoms with Crippen LogP contribution in [0.4, 0.5) is 25.8 Å². The quantitative estimate of drug-likeness (QED) is 0.685. The second-order valence-electron chi connectivity index (χ2n) is 5.68. The standard InChI is InChI=1S/C20H17F2N3O/c1-2-13-3-6-15(7-4-13)25-20(26)19-12-16(9-10-23-19)24-18-8-5-14(21)11-17(18)22/h3-12H,2H2,1H3,(H,23,24)(H,25,26). The lowest BCUT2D eigenvalue weighted by molar-refractivity contribution is 0.102. The summed E-state index contributed by atoms with van der Waals surface area (Å²) in [7, 11) is 0. The molecule has 0 fully saturated rings. The topological polar surface area (TPSA) is 54.0 Å². The lowest BCUT2D eigenvalue weighted by Crippen LogP contribution is -2.13. The maximum atomic E-state index is 13.7. The number of aryl methyl sites for hydroxylation is 1. The summed E-state index contributed by atoms with van der Waals surface area (Å²) in [5.41, 5.74) is 2.60. The molecule has 1 aromatic heterocycles. The van der Waals surface area contributed by atoms with Gasteiger partial charge in [-0.05, 0) is 48.4 Å². The van der Waals surface area contributed by atoms with Crippen LogP contribution in [-0.2, 0) is 6.42 Å². The summed E-state index contributed by atoms with van der Waals surface area (Å²) in [5, 5.41) is 5.58. The third-order valence-electron chi connectivity index (χ3n) is 3.82. The van der Waals surface area contributed by atoms with Crippen LogP contribution in [0.3, 0.4) is 0 Å². The Hall–Kier alpha value is -3.28. The van der Waals surface area contributed by atoms with Crippen molar-refractivity contribution < 1.29 is 13.6 Å². The third-order valence-corrected chi connectivity index (χ3v) is 3.82. The van der Waals surface area contributed by atoms with Crippen molar-refractivity contribution in [2.45, 2.75) is 13.3 Å². The average Bonchev–Trinajstić information content (AvgIpc) is 2.65. The second-order valence-corrected chi connectivity index (χ2v) is 5.68. The van der Waals surface area contributed by atoms with Gasteiger partial charge in [-0.25, -0.2) is 8.78 Å². The second kappa shape index (κ2) is 7.74. The molecule has 6 heteroatoms. The number of carbonyl (C=O) groups is 1. The number of pyridine rings is 1. The van der Waals surface area contributed by atoms with Gasteiger partial charge in [0.25, 0.3) is 5.91 Å². The Morgan fingerprint density at radius 3 is 2.46 bits per heavy atom. The third kappa shape index (κ3) is 4.22. The van der Waals surface area contributed by atoms with Gasteiger partial charge in [0.05, 0.1) is 5.69 Å². The Kier molecular flexibility index (Phi) is 5.22. The van der Waals surface area contributed by atoms with Crippen LogP contribution in [0.2, 0.25) is 0 Å². The van der Waals surface area contributed by atoms with Crippen LogP contribution in [0.15, 0.2) is 60.8 Å². The minimum Gasteiger partial charge on any atom is -0.353 e. The number of amides is 1. The molecule has 2 N–H and O–H groups in total. The summed E-state index contributed by atoms with van der Waals surface area (Å²) in [6.45, 7) is 2.06. The highest BCUT2D eigenvalue weighted by Gasteiger charge is 2.10. The zero-order valence-corrected chi connectivity index (χ0v) is 14.1. The summed E-state index contributed by atoms with van der Waals surface area (Å²) in [6, 6.07) is 13.9. The Morgan fingerprint density at radius 2 is 1.77 bits per heavy atom. The molecule has 0 radical (unpaired) electrons. The number of carbonyl (C=O) groups excluding carboxylic acids is 1. The van der Waals surface area contributed by atoms with E-state index in [0.717, 1.165) is 18.6 Å². The van der Waals surface area contributed by atoms with E-state index in [1.807, 2.05) is 24.3 Å². The number of nitrogens with one attached hydrogen (secondary N) is 2. The molecule has 0 aliphatic rings. The summed E-state index contributed by atoms with van der Waals surface area (Å²) in [4.78, 5) is 16.4. The molecule has 0 unspecified atom stereocenters. The highest BCUT2D eigenvalue weighted by Crippen LogP contribution is 2.21. The molecule has 2 aromatic carbocycles. The van der Waals surface area contributed by atoms with Crippen molar-refractivity contribution in [3.05, 3.63) is 83.7 Å². The SMILES string of the molecule is CCc1ccc(NC(=O)c2cc(Nc3ccc(F)cc3F)ccn2)cc1. The van der Waals surface area contributed by atoms with Gasteiger partial charge in [-0.15, -0.1) is 0 Å². The van der Waals surface area contributed by atoms with Crippen molar-refractivity contribution in [1.29, 1.82) is 0 Å². The van der Waals surface area contributed by atoms with E-state index in [4.69, 9.17) is 0 Å². The molecule has 1 heterocycles. The monoisotopic (exact) mass is 353 g/mol. The summed E-state index contributed by atoms with van der Waals surface area (Å²) >= 11 is 0. The highest BCUT2D eigenvalue weighted by molar-refractivity contribution is 6.03. The van der Waals surface area contributed by atoms with E-state index < -0.39 is 11.6 Å². The number of hydrogen-bond donors (Lipinski definition) is 2. The number of anilines is 3. The Labute approximate surface area is 149 Å². The van der Waals surface area contributed by atoms with Crippen molar-refractivity contribution in [2.75, 3.05) is 10.6 Å². The van der Waals surface area contributed by atoms with Crippen molar-refractivity contribution in [3.8, 4) is 0 Å².